The minimum Gasteiger partial charge on any atom is -0.478 e. The summed E-state index contributed by atoms with van der Waals surface area (Å²) in [5.41, 5.74) is 3.02. The fraction of sp³-hybridized carbons (Fsp3) is 0.0769. The van der Waals surface area contributed by atoms with Crippen LogP contribution in [0.5, 0.6) is 0 Å². The molecule has 2 aromatic rings. The van der Waals surface area contributed by atoms with Gasteiger partial charge >= 0.3 is 5.97 Å². The first-order valence-corrected chi connectivity index (χ1v) is 4.94. The molecule has 0 bridgehead atoms. The molecule has 1 N–H and O–H groups in total. The quantitative estimate of drug-likeness (QED) is 0.889. The number of carbonyl (C=O) groups is 1. The van der Waals surface area contributed by atoms with Crippen molar-refractivity contribution in [1.82, 2.24) is 4.98 Å². The molecule has 3 nitrogen and oxygen atoms in total. The molecule has 4 heteroatoms. The zero-order valence-electron chi connectivity index (χ0n) is 9.25. The standard InChI is InChI=1S/C13H11NO2.ClH/c1-9-3-2-4-12(14-9)10-5-7-11(8-6-10)13(15)16;/h2-8H,1H3,(H,15,16);1H. The van der Waals surface area contributed by atoms with E-state index in [1.165, 1.54) is 0 Å². The molecule has 0 unspecified atom stereocenters. The Hall–Kier alpha value is -1.87. The SMILES string of the molecule is Cc1cccc(-c2ccc(C(=O)O)cc2)n1.Cl. The van der Waals surface area contributed by atoms with E-state index < -0.39 is 5.97 Å². The Morgan fingerprint density at radius 1 is 1.12 bits per heavy atom. The van der Waals surface area contributed by atoms with E-state index in [0.717, 1.165) is 17.0 Å². The number of carboxylic acids is 1. The second kappa shape index (κ2) is 5.46. The van der Waals surface area contributed by atoms with Crippen LogP contribution >= 0.6 is 12.4 Å². The van der Waals surface area contributed by atoms with Gasteiger partial charge in [0, 0.05) is 11.3 Å². The third-order valence-corrected chi connectivity index (χ3v) is 2.32. The Morgan fingerprint density at radius 3 is 2.29 bits per heavy atom. The second-order valence-corrected chi connectivity index (χ2v) is 3.55. The largest absolute Gasteiger partial charge is 0.478 e. The summed E-state index contributed by atoms with van der Waals surface area (Å²) in [6.07, 6.45) is 0. The van der Waals surface area contributed by atoms with Crippen molar-refractivity contribution in [2.24, 2.45) is 0 Å². The van der Waals surface area contributed by atoms with Gasteiger partial charge in [-0.1, -0.05) is 18.2 Å². The van der Waals surface area contributed by atoms with Gasteiger partial charge in [0.15, 0.2) is 0 Å². The van der Waals surface area contributed by atoms with Crippen molar-refractivity contribution < 1.29 is 9.90 Å². The molecule has 0 aliphatic carbocycles. The van der Waals surface area contributed by atoms with E-state index in [9.17, 15) is 4.79 Å². The molecule has 1 aromatic heterocycles. The molecule has 0 fully saturated rings. The monoisotopic (exact) mass is 249 g/mol. The van der Waals surface area contributed by atoms with E-state index in [1.807, 2.05) is 25.1 Å². The van der Waals surface area contributed by atoms with Crippen molar-refractivity contribution >= 4 is 18.4 Å². The summed E-state index contributed by atoms with van der Waals surface area (Å²) in [7, 11) is 0. The maximum atomic E-state index is 10.7. The van der Waals surface area contributed by atoms with Crippen LogP contribution in [0.3, 0.4) is 0 Å². The lowest BCUT2D eigenvalue weighted by Gasteiger charge is -2.02. The molecule has 0 aliphatic heterocycles. The van der Waals surface area contributed by atoms with E-state index in [0.29, 0.717) is 0 Å². The molecule has 0 atom stereocenters. The summed E-state index contributed by atoms with van der Waals surface area (Å²) < 4.78 is 0. The maximum Gasteiger partial charge on any atom is 0.335 e. The Bertz CT molecular complexity index is 523. The molecular weight excluding hydrogens is 238 g/mol. The van der Waals surface area contributed by atoms with Crippen molar-refractivity contribution in [3.8, 4) is 11.3 Å². The lowest BCUT2D eigenvalue weighted by molar-refractivity contribution is 0.0697. The number of hydrogen-bond acceptors (Lipinski definition) is 2. The van der Waals surface area contributed by atoms with E-state index in [2.05, 4.69) is 4.98 Å². The first-order chi connectivity index (χ1) is 7.66. The summed E-state index contributed by atoms with van der Waals surface area (Å²) in [6, 6.07) is 12.5. The highest BCUT2D eigenvalue weighted by Gasteiger charge is 2.03. The van der Waals surface area contributed by atoms with Crippen LogP contribution in [0.15, 0.2) is 42.5 Å². The number of aromatic nitrogens is 1. The van der Waals surface area contributed by atoms with E-state index in [-0.39, 0.29) is 18.0 Å². The van der Waals surface area contributed by atoms with Crippen molar-refractivity contribution in [3.05, 3.63) is 53.7 Å². The lowest BCUT2D eigenvalue weighted by atomic mass is 10.1. The van der Waals surface area contributed by atoms with Crippen molar-refractivity contribution in [3.63, 3.8) is 0 Å². The predicted molar refractivity (Wildman–Crippen MR) is 68.6 cm³/mol. The average Bonchev–Trinajstić information content (AvgIpc) is 2.29. The Kier molecular flexibility index (Phi) is 4.24. The number of aryl methyl sites for hydroxylation is 1. The van der Waals surface area contributed by atoms with Crippen LogP contribution in [-0.2, 0) is 0 Å². The molecular formula is C13H12ClNO2. The van der Waals surface area contributed by atoms with Gasteiger partial charge in [0.05, 0.1) is 11.3 Å². The fourth-order valence-electron chi connectivity index (χ4n) is 1.49. The molecule has 0 aliphatic rings. The number of benzene rings is 1. The Labute approximate surface area is 106 Å². The van der Waals surface area contributed by atoms with E-state index in [4.69, 9.17) is 5.11 Å². The first kappa shape index (κ1) is 13.2. The average molecular weight is 250 g/mol. The normalized spacial score (nSPS) is 9.47. The molecule has 0 amide bonds. The summed E-state index contributed by atoms with van der Waals surface area (Å²) in [5, 5.41) is 8.77. The van der Waals surface area contributed by atoms with Gasteiger partial charge in [-0.25, -0.2) is 4.79 Å². The highest BCUT2D eigenvalue weighted by molar-refractivity contribution is 5.88. The molecule has 17 heavy (non-hydrogen) atoms. The number of rotatable bonds is 2. The summed E-state index contributed by atoms with van der Waals surface area (Å²) >= 11 is 0. The number of pyridine rings is 1. The molecule has 0 saturated carbocycles. The molecule has 88 valence electrons. The second-order valence-electron chi connectivity index (χ2n) is 3.55. The Morgan fingerprint density at radius 2 is 1.76 bits per heavy atom. The molecule has 1 aromatic carbocycles. The number of aromatic carboxylic acids is 1. The third-order valence-electron chi connectivity index (χ3n) is 2.32. The minimum absolute atomic E-state index is 0. The summed E-state index contributed by atoms with van der Waals surface area (Å²) in [4.78, 5) is 15.1. The van der Waals surface area contributed by atoms with Crippen LogP contribution in [0.1, 0.15) is 16.1 Å². The van der Waals surface area contributed by atoms with Crippen molar-refractivity contribution in [2.75, 3.05) is 0 Å². The van der Waals surface area contributed by atoms with Crippen molar-refractivity contribution in [2.45, 2.75) is 6.92 Å². The third kappa shape index (κ3) is 3.04. The lowest BCUT2D eigenvalue weighted by Crippen LogP contribution is -1.95. The highest BCUT2D eigenvalue weighted by atomic mass is 35.5. The molecule has 2 rings (SSSR count). The topological polar surface area (TPSA) is 50.2 Å². The van der Waals surface area contributed by atoms with Gasteiger partial charge in [-0.3, -0.25) is 4.98 Å². The molecule has 1 heterocycles. The van der Waals surface area contributed by atoms with Gasteiger partial charge in [0.1, 0.15) is 0 Å². The number of nitrogens with zero attached hydrogens (tertiary/aromatic N) is 1. The van der Waals surface area contributed by atoms with E-state index >= 15 is 0 Å². The zero-order chi connectivity index (χ0) is 11.5. The highest BCUT2D eigenvalue weighted by Crippen LogP contribution is 2.17. The van der Waals surface area contributed by atoms with Crippen LogP contribution in [0.25, 0.3) is 11.3 Å². The first-order valence-electron chi connectivity index (χ1n) is 4.94. The number of carboxylic acid groups (broad SMARTS) is 1. The zero-order valence-corrected chi connectivity index (χ0v) is 10.1. The number of halogens is 1. The summed E-state index contributed by atoms with van der Waals surface area (Å²) in [5.74, 6) is -0.913. The van der Waals surface area contributed by atoms with Crippen LogP contribution in [0, 0.1) is 6.92 Å². The van der Waals surface area contributed by atoms with Gasteiger partial charge < -0.3 is 5.11 Å². The van der Waals surface area contributed by atoms with Gasteiger partial charge in [0.2, 0.25) is 0 Å². The van der Waals surface area contributed by atoms with Crippen molar-refractivity contribution in [1.29, 1.82) is 0 Å². The van der Waals surface area contributed by atoms with Crippen LogP contribution < -0.4 is 0 Å². The molecule has 0 saturated heterocycles. The molecule has 0 spiro atoms. The smallest absolute Gasteiger partial charge is 0.335 e. The summed E-state index contributed by atoms with van der Waals surface area (Å²) in [6.45, 7) is 1.93. The van der Waals surface area contributed by atoms with Gasteiger partial charge in [-0.15, -0.1) is 12.4 Å². The predicted octanol–water partition coefficient (Wildman–Crippen LogP) is 3.18. The van der Waals surface area contributed by atoms with Gasteiger partial charge in [-0.2, -0.15) is 0 Å². The van der Waals surface area contributed by atoms with Gasteiger partial charge in [0.25, 0.3) is 0 Å². The fourth-order valence-corrected chi connectivity index (χ4v) is 1.49. The van der Waals surface area contributed by atoms with Crippen LogP contribution in [0.4, 0.5) is 0 Å². The Balaban J connectivity index is 0.00000144. The van der Waals surface area contributed by atoms with Gasteiger partial charge in [-0.05, 0) is 31.2 Å². The minimum atomic E-state index is -0.913. The van der Waals surface area contributed by atoms with Crippen LogP contribution in [-0.4, -0.2) is 16.1 Å². The molecule has 0 radical (unpaired) electrons. The van der Waals surface area contributed by atoms with E-state index in [1.54, 1.807) is 24.3 Å². The van der Waals surface area contributed by atoms with Crippen LogP contribution in [0.2, 0.25) is 0 Å². The number of hydrogen-bond donors (Lipinski definition) is 1. The maximum absolute atomic E-state index is 10.7.